The third kappa shape index (κ3) is 4.41. The standard InChI is InChI=1S/C19H23N3O3S2.ClH/c1-25-16-5-2-4-15(12-16)14-27(23,24)19-13-17-18(26-19)6-3-9-22(17)21-10-7-20-8-11-21;/h2-6,9,12-13,19-20H,7-8,10-11,14H2,1H3;1H. The molecule has 1 saturated heterocycles. The Labute approximate surface area is 176 Å². The molecule has 28 heavy (non-hydrogen) atoms. The second-order valence-electron chi connectivity index (χ2n) is 6.62. The number of hydrazine groups is 1. The van der Waals surface area contributed by atoms with Gasteiger partial charge in [-0.2, -0.15) is 0 Å². The van der Waals surface area contributed by atoms with Gasteiger partial charge in [0.1, 0.15) is 10.3 Å². The Morgan fingerprint density at radius 1 is 1.29 bits per heavy atom. The van der Waals surface area contributed by atoms with E-state index in [-0.39, 0.29) is 18.2 Å². The van der Waals surface area contributed by atoms with Crippen molar-refractivity contribution in [2.45, 2.75) is 10.3 Å². The summed E-state index contributed by atoms with van der Waals surface area (Å²) in [5, 5.41) is 7.70. The maximum Gasteiger partial charge on any atom is 0.170 e. The van der Waals surface area contributed by atoms with Crippen LogP contribution in [0.5, 0.6) is 5.75 Å². The molecule has 3 heterocycles. The van der Waals surface area contributed by atoms with Gasteiger partial charge < -0.3 is 10.1 Å². The minimum absolute atomic E-state index is 0. The lowest BCUT2D eigenvalue weighted by atomic mass is 10.2. The Balaban J connectivity index is 0.00000225. The molecular formula is C19H24ClN3O3S2. The summed E-state index contributed by atoms with van der Waals surface area (Å²) in [6.45, 7) is 3.67. The number of benzene rings is 1. The third-order valence-electron chi connectivity index (χ3n) is 4.77. The van der Waals surface area contributed by atoms with Crippen LogP contribution < -0.4 is 10.1 Å². The molecule has 1 unspecified atom stereocenters. The quantitative estimate of drug-likeness (QED) is 0.753. The Morgan fingerprint density at radius 3 is 2.82 bits per heavy atom. The molecule has 0 aliphatic carbocycles. The molecule has 0 aromatic heterocycles. The van der Waals surface area contributed by atoms with Crippen LogP contribution in [0.4, 0.5) is 0 Å². The van der Waals surface area contributed by atoms with Gasteiger partial charge in [0.25, 0.3) is 0 Å². The fourth-order valence-electron chi connectivity index (χ4n) is 3.41. The topological polar surface area (TPSA) is 61.9 Å². The molecule has 1 aromatic rings. The van der Waals surface area contributed by atoms with Crippen molar-refractivity contribution >= 4 is 34.0 Å². The van der Waals surface area contributed by atoms with E-state index >= 15 is 0 Å². The van der Waals surface area contributed by atoms with E-state index in [1.165, 1.54) is 11.8 Å². The first-order valence-corrected chi connectivity index (χ1v) is 11.5. The van der Waals surface area contributed by atoms with Crippen molar-refractivity contribution in [3.63, 3.8) is 0 Å². The molecule has 9 heteroatoms. The van der Waals surface area contributed by atoms with Crippen molar-refractivity contribution in [2.75, 3.05) is 33.3 Å². The summed E-state index contributed by atoms with van der Waals surface area (Å²) >= 11 is 1.41. The number of thioether (sulfide) groups is 1. The molecular weight excluding hydrogens is 418 g/mol. The van der Waals surface area contributed by atoms with Gasteiger partial charge in [-0.15, -0.1) is 12.4 Å². The van der Waals surface area contributed by atoms with Gasteiger partial charge >= 0.3 is 0 Å². The average Bonchev–Trinajstić information content (AvgIpc) is 3.14. The predicted molar refractivity (Wildman–Crippen MR) is 116 cm³/mol. The number of nitrogens with one attached hydrogen (secondary N) is 1. The zero-order valence-corrected chi connectivity index (χ0v) is 18.0. The van der Waals surface area contributed by atoms with Crippen LogP contribution in [-0.2, 0) is 15.6 Å². The van der Waals surface area contributed by atoms with E-state index in [9.17, 15) is 8.42 Å². The van der Waals surface area contributed by atoms with E-state index in [1.807, 2.05) is 42.6 Å². The number of rotatable bonds is 5. The number of hydrogen-bond acceptors (Lipinski definition) is 7. The highest BCUT2D eigenvalue weighted by Crippen LogP contribution is 2.44. The van der Waals surface area contributed by atoms with Crippen LogP contribution in [0.2, 0.25) is 0 Å². The molecule has 152 valence electrons. The fourth-order valence-corrected chi connectivity index (χ4v) is 6.54. The minimum Gasteiger partial charge on any atom is -0.497 e. The summed E-state index contributed by atoms with van der Waals surface area (Å²) in [6, 6.07) is 7.25. The van der Waals surface area contributed by atoms with Crippen LogP contribution in [0.3, 0.4) is 0 Å². The summed E-state index contributed by atoms with van der Waals surface area (Å²) in [4.78, 5) is 1.01. The van der Waals surface area contributed by atoms with Gasteiger partial charge in [0.2, 0.25) is 0 Å². The number of methoxy groups -OCH3 is 1. The number of nitrogens with zero attached hydrogens (tertiary/aromatic N) is 2. The molecule has 0 saturated carbocycles. The zero-order valence-electron chi connectivity index (χ0n) is 15.6. The Bertz CT molecular complexity index is 909. The Morgan fingerprint density at radius 2 is 2.07 bits per heavy atom. The summed E-state index contributed by atoms with van der Waals surface area (Å²) in [6.07, 6.45) is 7.88. The Hall–Kier alpha value is -1.45. The summed E-state index contributed by atoms with van der Waals surface area (Å²) in [5.74, 6) is 0.672. The van der Waals surface area contributed by atoms with Crippen LogP contribution in [0.1, 0.15) is 5.56 Å². The molecule has 3 aliphatic rings. The van der Waals surface area contributed by atoms with Crippen LogP contribution in [-0.4, -0.2) is 56.3 Å². The summed E-state index contributed by atoms with van der Waals surface area (Å²) in [5.41, 5.74) is 1.72. The van der Waals surface area contributed by atoms with Crippen molar-refractivity contribution in [2.24, 2.45) is 0 Å². The molecule has 3 aliphatic heterocycles. The van der Waals surface area contributed by atoms with E-state index < -0.39 is 14.4 Å². The van der Waals surface area contributed by atoms with Crippen molar-refractivity contribution in [3.05, 3.63) is 64.9 Å². The highest BCUT2D eigenvalue weighted by atomic mass is 35.5. The van der Waals surface area contributed by atoms with E-state index in [2.05, 4.69) is 15.3 Å². The molecule has 1 aromatic carbocycles. The number of hydrogen-bond donors (Lipinski definition) is 1. The maximum absolute atomic E-state index is 13.0. The fraction of sp³-hybridized carbons (Fsp3) is 0.368. The van der Waals surface area contributed by atoms with Gasteiger partial charge in [-0.3, -0.25) is 5.01 Å². The smallest absolute Gasteiger partial charge is 0.170 e. The number of allylic oxidation sites excluding steroid dienone is 2. The maximum atomic E-state index is 13.0. The van der Waals surface area contributed by atoms with Crippen LogP contribution in [0, 0.1) is 0 Å². The van der Waals surface area contributed by atoms with E-state index in [4.69, 9.17) is 4.74 Å². The second-order valence-corrected chi connectivity index (χ2v) is 10.2. The largest absolute Gasteiger partial charge is 0.497 e. The van der Waals surface area contributed by atoms with Crippen molar-refractivity contribution in [1.82, 2.24) is 15.3 Å². The minimum atomic E-state index is -3.35. The normalized spacial score (nSPS) is 22.2. The highest BCUT2D eigenvalue weighted by Gasteiger charge is 2.36. The molecule has 4 rings (SSSR count). The first kappa shape index (κ1) is 21.3. The Kier molecular flexibility index (Phi) is 6.77. The average molecular weight is 442 g/mol. The van der Waals surface area contributed by atoms with Crippen LogP contribution in [0.15, 0.2) is 59.3 Å². The van der Waals surface area contributed by atoms with Crippen LogP contribution >= 0.6 is 24.2 Å². The van der Waals surface area contributed by atoms with Gasteiger partial charge in [-0.05, 0) is 35.9 Å². The number of ether oxygens (including phenoxy) is 1. The predicted octanol–water partition coefficient (Wildman–Crippen LogP) is 2.52. The molecule has 0 spiro atoms. The molecule has 6 nitrogen and oxygen atoms in total. The monoisotopic (exact) mass is 441 g/mol. The number of fused-ring (bicyclic) bond motifs is 1. The zero-order chi connectivity index (χ0) is 18.9. The molecule has 0 radical (unpaired) electrons. The number of sulfone groups is 1. The van der Waals surface area contributed by atoms with Gasteiger partial charge in [0, 0.05) is 37.3 Å². The van der Waals surface area contributed by atoms with E-state index in [1.54, 1.807) is 13.2 Å². The van der Waals surface area contributed by atoms with Gasteiger partial charge in [-0.1, -0.05) is 23.9 Å². The number of piperazine rings is 1. The number of halogens is 1. The lowest BCUT2D eigenvalue weighted by Gasteiger charge is -2.38. The van der Waals surface area contributed by atoms with Crippen molar-refractivity contribution in [1.29, 1.82) is 0 Å². The molecule has 0 amide bonds. The third-order valence-corrected chi connectivity index (χ3v) is 8.48. The SMILES string of the molecule is COc1cccc(CS(=O)(=O)C2C=C3C(=CC=CN3N3CCNCC3)S2)c1.Cl. The highest BCUT2D eigenvalue weighted by molar-refractivity contribution is 8.16. The van der Waals surface area contributed by atoms with Gasteiger partial charge in [0.05, 0.1) is 18.6 Å². The first-order chi connectivity index (χ1) is 13.1. The van der Waals surface area contributed by atoms with Crippen molar-refractivity contribution < 1.29 is 13.2 Å². The van der Waals surface area contributed by atoms with Crippen LogP contribution in [0.25, 0.3) is 0 Å². The van der Waals surface area contributed by atoms with E-state index in [0.29, 0.717) is 5.75 Å². The molecule has 1 atom stereocenters. The summed E-state index contributed by atoms with van der Waals surface area (Å²) in [7, 11) is -1.76. The molecule has 1 N–H and O–H groups in total. The van der Waals surface area contributed by atoms with Gasteiger partial charge in [0.15, 0.2) is 9.84 Å². The second kappa shape index (κ2) is 8.92. The summed E-state index contributed by atoms with van der Waals surface area (Å²) < 4.78 is 30.7. The van der Waals surface area contributed by atoms with E-state index in [0.717, 1.165) is 42.3 Å². The molecule has 0 bridgehead atoms. The first-order valence-electron chi connectivity index (χ1n) is 8.93. The molecule has 1 fully saturated rings. The van der Waals surface area contributed by atoms with Crippen molar-refractivity contribution in [3.8, 4) is 5.75 Å². The lowest BCUT2D eigenvalue weighted by molar-refractivity contribution is 0.0441. The van der Waals surface area contributed by atoms with Gasteiger partial charge in [-0.25, -0.2) is 13.4 Å². The lowest BCUT2D eigenvalue weighted by Crippen LogP contribution is -2.50.